The Bertz CT molecular complexity index is 621. The third-order valence-corrected chi connectivity index (χ3v) is 4.58. The summed E-state index contributed by atoms with van der Waals surface area (Å²) in [6.07, 6.45) is 1.76. The van der Waals surface area contributed by atoms with E-state index < -0.39 is 5.82 Å². The minimum atomic E-state index is -0.574. The number of nitrogens with zero attached hydrogens (tertiary/aromatic N) is 3. The molecule has 0 aliphatic carbocycles. The summed E-state index contributed by atoms with van der Waals surface area (Å²) < 4.78 is 13.8. The van der Waals surface area contributed by atoms with Gasteiger partial charge in [0.05, 0.1) is 10.6 Å². The van der Waals surface area contributed by atoms with Crippen molar-refractivity contribution in [1.82, 2.24) is 9.88 Å². The summed E-state index contributed by atoms with van der Waals surface area (Å²) in [6, 6.07) is 4.28. The van der Waals surface area contributed by atoms with Crippen molar-refractivity contribution < 1.29 is 9.18 Å². The molecule has 1 amide bonds. The lowest BCUT2D eigenvalue weighted by molar-refractivity contribution is 0.0742. The fourth-order valence-corrected chi connectivity index (χ4v) is 3.27. The first-order valence-corrected chi connectivity index (χ1v) is 7.80. The van der Waals surface area contributed by atoms with E-state index in [9.17, 15) is 9.18 Å². The van der Waals surface area contributed by atoms with Crippen LogP contribution in [0.25, 0.3) is 0 Å². The Hall–Kier alpha value is -1.66. The zero-order chi connectivity index (χ0) is 14.8. The van der Waals surface area contributed by atoms with Crippen molar-refractivity contribution in [2.75, 3.05) is 31.1 Å². The molecule has 0 saturated carbocycles. The molecule has 2 aromatic rings. The second-order valence-corrected chi connectivity index (χ2v) is 5.97. The first-order valence-electron chi connectivity index (χ1n) is 6.54. The van der Waals surface area contributed by atoms with E-state index in [1.807, 2.05) is 5.38 Å². The molecule has 1 aromatic carbocycles. The maximum atomic E-state index is 13.8. The Morgan fingerprint density at radius 1 is 1.29 bits per heavy atom. The van der Waals surface area contributed by atoms with Crippen LogP contribution in [0.3, 0.4) is 0 Å². The van der Waals surface area contributed by atoms with Crippen LogP contribution in [0, 0.1) is 5.82 Å². The van der Waals surface area contributed by atoms with Gasteiger partial charge in [0, 0.05) is 37.8 Å². The molecule has 21 heavy (non-hydrogen) atoms. The molecule has 1 aliphatic heterocycles. The standard InChI is InChI=1S/C14H13ClFN3OS/c15-10-2-1-3-11(16)12(10)13(20)18-5-7-19(8-6-18)14-17-4-9-21-14/h1-4,9H,5-8H2. The molecule has 1 aliphatic rings. The first-order chi connectivity index (χ1) is 10.2. The lowest BCUT2D eigenvalue weighted by atomic mass is 10.1. The number of carbonyl (C=O) groups is 1. The molecule has 3 rings (SSSR count). The number of piperazine rings is 1. The predicted molar refractivity (Wildman–Crippen MR) is 81.6 cm³/mol. The maximum Gasteiger partial charge on any atom is 0.258 e. The average molecular weight is 326 g/mol. The monoisotopic (exact) mass is 325 g/mol. The summed E-state index contributed by atoms with van der Waals surface area (Å²) in [4.78, 5) is 20.4. The van der Waals surface area contributed by atoms with Gasteiger partial charge in [-0.3, -0.25) is 4.79 Å². The summed E-state index contributed by atoms with van der Waals surface area (Å²) in [6.45, 7) is 2.43. The smallest absolute Gasteiger partial charge is 0.258 e. The van der Waals surface area contributed by atoms with Gasteiger partial charge >= 0.3 is 0 Å². The number of halogens is 2. The molecule has 0 unspecified atom stereocenters. The summed E-state index contributed by atoms with van der Waals surface area (Å²) in [5.74, 6) is -0.924. The quantitative estimate of drug-likeness (QED) is 0.852. The van der Waals surface area contributed by atoms with Crippen LogP contribution in [0.5, 0.6) is 0 Å². The predicted octanol–water partition coefficient (Wildman–Crippen LogP) is 2.90. The molecule has 1 fully saturated rings. The number of amides is 1. The van der Waals surface area contributed by atoms with Crippen LogP contribution in [0.1, 0.15) is 10.4 Å². The highest BCUT2D eigenvalue weighted by Gasteiger charge is 2.26. The molecule has 1 aromatic heterocycles. The highest BCUT2D eigenvalue weighted by atomic mass is 35.5. The van der Waals surface area contributed by atoms with Gasteiger partial charge in [-0.25, -0.2) is 9.37 Å². The molecule has 0 N–H and O–H groups in total. The molecule has 7 heteroatoms. The fraction of sp³-hybridized carbons (Fsp3) is 0.286. The molecule has 0 atom stereocenters. The normalized spacial score (nSPS) is 15.3. The second kappa shape index (κ2) is 5.99. The van der Waals surface area contributed by atoms with E-state index in [1.54, 1.807) is 22.4 Å². The zero-order valence-electron chi connectivity index (χ0n) is 11.1. The largest absolute Gasteiger partial charge is 0.345 e. The van der Waals surface area contributed by atoms with Gasteiger partial charge in [0.15, 0.2) is 5.13 Å². The number of hydrogen-bond donors (Lipinski definition) is 0. The fourth-order valence-electron chi connectivity index (χ4n) is 2.33. The van der Waals surface area contributed by atoms with Crippen molar-refractivity contribution in [3.05, 3.63) is 46.2 Å². The van der Waals surface area contributed by atoms with Crippen molar-refractivity contribution in [1.29, 1.82) is 0 Å². The highest BCUT2D eigenvalue weighted by Crippen LogP contribution is 2.23. The van der Waals surface area contributed by atoms with E-state index in [4.69, 9.17) is 11.6 Å². The van der Waals surface area contributed by atoms with Gasteiger partial charge < -0.3 is 9.80 Å². The van der Waals surface area contributed by atoms with E-state index in [0.29, 0.717) is 26.2 Å². The van der Waals surface area contributed by atoms with Crippen molar-refractivity contribution in [2.45, 2.75) is 0 Å². The highest BCUT2D eigenvalue weighted by molar-refractivity contribution is 7.13. The van der Waals surface area contributed by atoms with E-state index in [0.717, 1.165) is 5.13 Å². The van der Waals surface area contributed by atoms with Crippen LogP contribution in [-0.4, -0.2) is 42.0 Å². The molecule has 0 bridgehead atoms. The summed E-state index contributed by atoms with van der Waals surface area (Å²) in [7, 11) is 0. The second-order valence-electron chi connectivity index (χ2n) is 4.69. The third kappa shape index (κ3) is 2.87. The van der Waals surface area contributed by atoms with Crippen molar-refractivity contribution in [2.24, 2.45) is 0 Å². The van der Waals surface area contributed by atoms with Gasteiger partial charge in [-0.15, -0.1) is 11.3 Å². The number of rotatable bonds is 2. The molecule has 0 radical (unpaired) electrons. The van der Waals surface area contributed by atoms with Crippen LogP contribution in [0.15, 0.2) is 29.8 Å². The Balaban J connectivity index is 1.71. The molecule has 110 valence electrons. The van der Waals surface area contributed by atoms with Crippen LogP contribution in [-0.2, 0) is 0 Å². The van der Waals surface area contributed by atoms with Gasteiger partial charge in [0.2, 0.25) is 0 Å². The number of hydrogen-bond acceptors (Lipinski definition) is 4. The Kier molecular flexibility index (Phi) is 4.07. The molecule has 1 saturated heterocycles. The number of anilines is 1. The van der Waals surface area contributed by atoms with E-state index in [-0.39, 0.29) is 16.5 Å². The number of carbonyl (C=O) groups excluding carboxylic acids is 1. The number of aromatic nitrogens is 1. The van der Waals surface area contributed by atoms with Crippen molar-refractivity contribution in [3.63, 3.8) is 0 Å². The molecule has 4 nitrogen and oxygen atoms in total. The Morgan fingerprint density at radius 3 is 2.67 bits per heavy atom. The van der Waals surface area contributed by atoms with Crippen LogP contribution in [0.4, 0.5) is 9.52 Å². The molecular formula is C14H13ClFN3OS. The van der Waals surface area contributed by atoms with Gasteiger partial charge in [0.25, 0.3) is 5.91 Å². The van der Waals surface area contributed by atoms with Crippen LogP contribution >= 0.6 is 22.9 Å². The molecule has 0 spiro atoms. The third-order valence-electron chi connectivity index (χ3n) is 3.43. The lowest BCUT2D eigenvalue weighted by Gasteiger charge is -2.34. The van der Waals surface area contributed by atoms with Gasteiger partial charge in [0.1, 0.15) is 5.82 Å². The first kappa shape index (κ1) is 14.3. The Morgan fingerprint density at radius 2 is 2.05 bits per heavy atom. The van der Waals surface area contributed by atoms with Gasteiger partial charge in [-0.1, -0.05) is 17.7 Å². The van der Waals surface area contributed by atoms with Crippen LogP contribution in [0.2, 0.25) is 5.02 Å². The topological polar surface area (TPSA) is 36.4 Å². The minimum absolute atomic E-state index is 0.0399. The summed E-state index contributed by atoms with van der Waals surface area (Å²) >= 11 is 7.52. The molecule has 2 heterocycles. The van der Waals surface area contributed by atoms with E-state index in [1.165, 1.54) is 18.2 Å². The van der Waals surface area contributed by atoms with E-state index >= 15 is 0 Å². The Labute approximate surface area is 130 Å². The zero-order valence-corrected chi connectivity index (χ0v) is 12.7. The lowest BCUT2D eigenvalue weighted by Crippen LogP contribution is -2.49. The van der Waals surface area contributed by atoms with Crippen LogP contribution < -0.4 is 4.90 Å². The van der Waals surface area contributed by atoms with E-state index in [2.05, 4.69) is 9.88 Å². The van der Waals surface area contributed by atoms with Gasteiger partial charge in [-0.2, -0.15) is 0 Å². The maximum absolute atomic E-state index is 13.8. The van der Waals surface area contributed by atoms with Crippen molar-refractivity contribution in [3.8, 4) is 0 Å². The number of thiazole rings is 1. The van der Waals surface area contributed by atoms with Gasteiger partial charge in [-0.05, 0) is 12.1 Å². The average Bonchev–Trinajstić information content (AvgIpc) is 3.01. The number of benzene rings is 1. The summed E-state index contributed by atoms with van der Waals surface area (Å²) in [5, 5.41) is 3.03. The molecular weight excluding hydrogens is 313 g/mol. The van der Waals surface area contributed by atoms with Crippen molar-refractivity contribution >= 4 is 34.0 Å². The minimum Gasteiger partial charge on any atom is -0.345 e. The SMILES string of the molecule is O=C(c1c(F)cccc1Cl)N1CCN(c2nccs2)CC1. The summed E-state index contributed by atoms with van der Waals surface area (Å²) in [5.41, 5.74) is -0.0399.